The van der Waals surface area contributed by atoms with E-state index in [0.29, 0.717) is 11.1 Å². The lowest BCUT2D eigenvalue weighted by molar-refractivity contribution is -0.148. The SMILES string of the molecule is CC(=O)Oc1cc(C)cc(C(=O)NC(Cc2ccccc2)C(O)C(=O)O)c1C. The highest BCUT2D eigenvalue weighted by Crippen LogP contribution is 2.24. The van der Waals surface area contributed by atoms with E-state index in [-0.39, 0.29) is 17.7 Å². The van der Waals surface area contributed by atoms with Gasteiger partial charge in [-0.05, 0) is 43.5 Å². The van der Waals surface area contributed by atoms with Gasteiger partial charge in [0.25, 0.3) is 5.91 Å². The lowest BCUT2D eigenvalue weighted by Gasteiger charge is -2.22. The van der Waals surface area contributed by atoms with Crippen molar-refractivity contribution < 1.29 is 29.3 Å². The van der Waals surface area contributed by atoms with Crippen LogP contribution in [0.25, 0.3) is 0 Å². The van der Waals surface area contributed by atoms with E-state index in [2.05, 4.69) is 5.32 Å². The molecule has 0 aliphatic heterocycles. The third-order valence-electron chi connectivity index (χ3n) is 4.25. The van der Waals surface area contributed by atoms with E-state index < -0.39 is 30.0 Å². The molecule has 0 bridgehead atoms. The number of esters is 1. The monoisotopic (exact) mass is 385 g/mol. The van der Waals surface area contributed by atoms with Crippen molar-refractivity contribution in [1.29, 1.82) is 0 Å². The molecule has 7 nitrogen and oxygen atoms in total. The summed E-state index contributed by atoms with van der Waals surface area (Å²) >= 11 is 0. The topological polar surface area (TPSA) is 113 Å². The van der Waals surface area contributed by atoms with E-state index in [1.807, 2.05) is 6.07 Å². The number of nitrogens with one attached hydrogen (secondary N) is 1. The van der Waals surface area contributed by atoms with Crippen molar-refractivity contribution >= 4 is 17.8 Å². The first-order valence-electron chi connectivity index (χ1n) is 8.74. The first-order valence-corrected chi connectivity index (χ1v) is 8.74. The average molecular weight is 385 g/mol. The van der Waals surface area contributed by atoms with Crippen molar-refractivity contribution in [3.63, 3.8) is 0 Å². The predicted octanol–water partition coefficient (Wildman–Crippen LogP) is 2.02. The number of carbonyl (C=O) groups is 3. The number of aliphatic hydroxyl groups excluding tert-OH is 1. The fraction of sp³-hybridized carbons (Fsp3) is 0.286. The maximum Gasteiger partial charge on any atom is 0.334 e. The van der Waals surface area contributed by atoms with Crippen LogP contribution in [-0.2, 0) is 16.0 Å². The van der Waals surface area contributed by atoms with Crippen LogP contribution < -0.4 is 10.1 Å². The van der Waals surface area contributed by atoms with Gasteiger partial charge in [-0.1, -0.05) is 30.3 Å². The van der Waals surface area contributed by atoms with Crippen molar-refractivity contribution in [2.24, 2.45) is 0 Å². The van der Waals surface area contributed by atoms with Crippen molar-refractivity contribution in [3.8, 4) is 5.75 Å². The second-order valence-corrected chi connectivity index (χ2v) is 6.58. The van der Waals surface area contributed by atoms with Crippen LogP contribution in [0.3, 0.4) is 0 Å². The zero-order chi connectivity index (χ0) is 20.8. The van der Waals surface area contributed by atoms with Crippen molar-refractivity contribution in [2.45, 2.75) is 39.3 Å². The molecule has 2 rings (SSSR count). The standard InChI is InChI=1S/C21H23NO6/c1-12-9-16(13(2)18(10-12)28-14(3)23)20(25)22-17(19(24)21(26)27)11-15-7-5-4-6-8-15/h4-10,17,19,24H,11H2,1-3H3,(H,22,25)(H,26,27). The van der Waals surface area contributed by atoms with E-state index in [0.717, 1.165) is 5.56 Å². The van der Waals surface area contributed by atoms with Crippen molar-refractivity contribution in [1.82, 2.24) is 5.32 Å². The van der Waals surface area contributed by atoms with E-state index in [1.54, 1.807) is 50.2 Å². The molecule has 0 saturated carbocycles. The number of rotatable bonds is 7. The lowest BCUT2D eigenvalue weighted by Crippen LogP contribution is -2.48. The molecule has 0 radical (unpaired) electrons. The summed E-state index contributed by atoms with van der Waals surface area (Å²) in [6.45, 7) is 4.64. The number of benzene rings is 2. The first kappa shape index (κ1) is 21.1. The van der Waals surface area contributed by atoms with Gasteiger partial charge in [-0.2, -0.15) is 0 Å². The molecule has 0 saturated heterocycles. The third kappa shape index (κ3) is 5.40. The molecule has 7 heteroatoms. The minimum atomic E-state index is -1.78. The molecule has 0 heterocycles. The van der Waals surface area contributed by atoms with Gasteiger partial charge in [-0.3, -0.25) is 9.59 Å². The zero-order valence-electron chi connectivity index (χ0n) is 15.9. The number of carboxylic acid groups (broad SMARTS) is 1. The van der Waals surface area contributed by atoms with Gasteiger partial charge >= 0.3 is 11.9 Å². The highest BCUT2D eigenvalue weighted by molar-refractivity contribution is 5.97. The van der Waals surface area contributed by atoms with Gasteiger partial charge in [0.05, 0.1) is 6.04 Å². The Bertz CT molecular complexity index is 878. The minimum Gasteiger partial charge on any atom is -0.479 e. The number of aliphatic carboxylic acids is 1. The van der Waals surface area contributed by atoms with Crippen LogP contribution in [0.5, 0.6) is 5.75 Å². The molecule has 148 valence electrons. The molecular formula is C21H23NO6. The van der Waals surface area contributed by atoms with Gasteiger partial charge in [-0.15, -0.1) is 0 Å². The quantitative estimate of drug-likeness (QED) is 0.496. The largest absolute Gasteiger partial charge is 0.479 e. The van der Waals surface area contributed by atoms with Crippen molar-refractivity contribution in [2.75, 3.05) is 0 Å². The Morgan fingerprint density at radius 2 is 1.75 bits per heavy atom. The van der Waals surface area contributed by atoms with Crippen LogP contribution in [0.4, 0.5) is 0 Å². The fourth-order valence-electron chi connectivity index (χ4n) is 2.85. The van der Waals surface area contributed by atoms with Crippen LogP contribution in [0.2, 0.25) is 0 Å². The van der Waals surface area contributed by atoms with E-state index in [9.17, 15) is 24.6 Å². The number of hydrogen-bond donors (Lipinski definition) is 3. The number of carboxylic acids is 1. The molecule has 1 amide bonds. The van der Waals surface area contributed by atoms with Gasteiger partial charge in [0.15, 0.2) is 6.10 Å². The summed E-state index contributed by atoms with van der Waals surface area (Å²) < 4.78 is 5.14. The fourth-order valence-corrected chi connectivity index (χ4v) is 2.85. The van der Waals surface area contributed by atoms with Crippen molar-refractivity contribution in [3.05, 3.63) is 64.7 Å². The molecular weight excluding hydrogens is 362 g/mol. The normalized spacial score (nSPS) is 12.7. The van der Waals surface area contributed by atoms with Crippen LogP contribution in [0.15, 0.2) is 42.5 Å². The number of aliphatic hydroxyl groups is 1. The molecule has 2 unspecified atom stereocenters. The number of hydrogen-bond acceptors (Lipinski definition) is 5. The Morgan fingerprint density at radius 1 is 1.11 bits per heavy atom. The molecule has 0 spiro atoms. The highest BCUT2D eigenvalue weighted by atomic mass is 16.5. The maximum atomic E-state index is 12.8. The Labute approximate surface area is 163 Å². The second kappa shape index (κ2) is 9.14. The molecule has 2 atom stereocenters. The van der Waals surface area contributed by atoms with Gasteiger partial charge in [-0.25, -0.2) is 4.79 Å². The molecule has 2 aromatic carbocycles. The summed E-state index contributed by atoms with van der Waals surface area (Å²) in [7, 11) is 0. The molecule has 0 aliphatic rings. The number of carbonyl (C=O) groups excluding carboxylic acids is 2. The molecule has 2 aromatic rings. The lowest BCUT2D eigenvalue weighted by atomic mass is 9.99. The van der Waals surface area contributed by atoms with Gasteiger partial charge in [0.2, 0.25) is 0 Å². The van der Waals surface area contributed by atoms with Crippen LogP contribution >= 0.6 is 0 Å². The zero-order valence-corrected chi connectivity index (χ0v) is 15.9. The van der Waals surface area contributed by atoms with E-state index in [4.69, 9.17) is 4.74 Å². The highest BCUT2D eigenvalue weighted by Gasteiger charge is 2.28. The summed E-state index contributed by atoms with van der Waals surface area (Å²) in [6.07, 6.45) is -1.64. The maximum absolute atomic E-state index is 12.8. The number of ether oxygens (including phenoxy) is 1. The van der Waals surface area contributed by atoms with Crippen LogP contribution in [-0.4, -0.2) is 40.2 Å². The molecule has 0 aliphatic carbocycles. The predicted molar refractivity (Wildman–Crippen MR) is 102 cm³/mol. The third-order valence-corrected chi connectivity index (χ3v) is 4.25. The van der Waals surface area contributed by atoms with Gasteiger partial charge in [0, 0.05) is 18.1 Å². The van der Waals surface area contributed by atoms with Gasteiger partial charge in [0.1, 0.15) is 5.75 Å². The molecule has 28 heavy (non-hydrogen) atoms. The summed E-state index contributed by atoms with van der Waals surface area (Å²) in [5.74, 6) is -2.24. The minimum absolute atomic E-state index is 0.141. The smallest absolute Gasteiger partial charge is 0.334 e. The molecule has 0 aromatic heterocycles. The van der Waals surface area contributed by atoms with Gasteiger partial charge < -0.3 is 20.3 Å². The first-order chi connectivity index (χ1) is 13.2. The summed E-state index contributed by atoms with van der Waals surface area (Å²) in [5.41, 5.74) is 2.16. The number of aryl methyl sites for hydroxylation is 1. The summed E-state index contributed by atoms with van der Waals surface area (Å²) in [5, 5.41) is 21.9. The molecule has 3 N–H and O–H groups in total. The van der Waals surface area contributed by atoms with E-state index in [1.165, 1.54) is 6.92 Å². The number of amides is 1. The molecule has 0 fully saturated rings. The summed E-state index contributed by atoms with van der Waals surface area (Å²) in [4.78, 5) is 35.4. The Morgan fingerprint density at radius 3 is 2.32 bits per heavy atom. The van der Waals surface area contributed by atoms with Crippen LogP contribution in [0.1, 0.15) is 34.0 Å². The second-order valence-electron chi connectivity index (χ2n) is 6.58. The van der Waals surface area contributed by atoms with Crippen LogP contribution in [0, 0.1) is 13.8 Å². The summed E-state index contributed by atoms with van der Waals surface area (Å²) in [6, 6.07) is 11.2. The Balaban J connectivity index is 2.31. The average Bonchev–Trinajstić information content (AvgIpc) is 2.63. The Kier molecular flexibility index (Phi) is 6.89. The Hall–Kier alpha value is -3.19. The van der Waals surface area contributed by atoms with E-state index >= 15 is 0 Å².